The van der Waals surface area contributed by atoms with Crippen molar-refractivity contribution in [2.24, 2.45) is 5.73 Å². The molecule has 0 saturated carbocycles. The van der Waals surface area contributed by atoms with Gasteiger partial charge in [-0.2, -0.15) is 0 Å². The van der Waals surface area contributed by atoms with Crippen LogP contribution in [0.3, 0.4) is 0 Å². The van der Waals surface area contributed by atoms with Gasteiger partial charge in [0.1, 0.15) is 5.82 Å². The molecular formula is C17H18FN. The second-order valence-corrected chi connectivity index (χ2v) is 5.72. The van der Waals surface area contributed by atoms with Crippen molar-refractivity contribution < 1.29 is 4.39 Å². The molecular weight excluding hydrogens is 237 g/mol. The molecule has 2 aromatic rings. The summed E-state index contributed by atoms with van der Waals surface area (Å²) in [5.74, 6) is -0.173. The van der Waals surface area contributed by atoms with Gasteiger partial charge in [-0.05, 0) is 55.0 Å². The van der Waals surface area contributed by atoms with Crippen molar-refractivity contribution in [3.63, 3.8) is 0 Å². The Balaban J connectivity index is 2.10. The first-order valence-electron chi connectivity index (χ1n) is 6.62. The number of rotatable bonds is 1. The van der Waals surface area contributed by atoms with Crippen LogP contribution in [-0.2, 0) is 18.4 Å². The summed E-state index contributed by atoms with van der Waals surface area (Å²) in [6.07, 6.45) is 1.42. The Hall–Kier alpha value is -1.67. The van der Waals surface area contributed by atoms with Crippen LogP contribution in [0.15, 0.2) is 36.4 Å². The maximum atomic E-state index is 14.4. The van der Waals surface area contributed by atoms with Crippen LogP contribution in [0.5, 0.6) is 0 Å². The third-order valence-corrected chi connectivity index (χ3v) is 4.06. The van der Waals surface area contributed by atoms with Gasteiger partial charge in [0.2, 0.25) is 0 Å². The molecule has 0 saturated heterocycles. The maximum absolute atomic E-state index is 14.4. The molecule has 2 heteroatoms. The molecule has 2 aromatic carbocycles. The molecule has 0 spiro atoms. The van der Waals surface area contributed by atoms with Gasteiger partial charge >= 0.3 is 0 Å². The molecule has 2 N–H and O–H groups in total. The Kier molecular flexibility index (Phi) is 2.72. The van der Waals surface area contributed by atoms with E-state index in [-0.39, 0.29) is 5.82 Å². The quantitative estimate of drug-likeness (QED) is 0.830. The second kappa shape index (κ2) is 4.17. The van der Waals surface area contributed by atoms with Crippen molar-refractivity contribution >= 4 is 0 Å². The molecule has 0 unspecified atom stereocenters. The summed E-state index contributed by atoms with van der Waals surface area (Å²) in [7, 11) is 0. The Morgan fingerprint density at radius 2 is 1.63 bits per heavy atom. The van der Waals surface area contributed by atoms with Crippen LogP contribution in [0.4, 0.5) is 4.39 Å². The summed E-state index contributed by atoms with van der Waals surface area (Å²) in [4.78, 5) is 0. The SMILES string of the molecule is Cc1cc(C)c(C2(N)Cc3ccccc3C2)c(F)c1. The van der Waals surface area contributed by atoms with Gasteiger partial charge in [0.15, 0.2) is 0 Å². The Labute approximate surface area is 113 Å². The first-order chi connectivity index (χ1) is 8.99. The number of hydrogen-bond donors (Lipinski definition) is 1. The predicted octanol–water partition coefficient (Wildman–Crippen LogP) is 3.40. The van der Waals surface area contributed by atoms with Crippen LogP contribution >= 0.6 is 0 Å². The average molecular weight is 255 g/mol. The van der Waals surface area contributed by atoms with Crippen molar-refractivity contribution in [1.29, 1.82) is 0 Å². The van der Waals surface area contributed by atoms with Gasteiger partial charge in [-0.3, -0.25) is 0 Å². The molecule has 0 aliphatic heterocycles. The van der Waals surface area contributed by atoms with Crippen molar-refractivity contribution in [2.75, 3.05) is 0 Å². The van der Waals surface area contributed by atoms with Crippen LogP contribution in [0, 0.1) is 19.7 Å². The van der Waals surface area contributed by atoms with E-state index in [2.05, 4.69) is 12.1 Å². The lowest BCUT2D eigenvalue weighted by atomic mass is 9.84. The van der Waals surface area contributed by atoms with E-state index in [0.29, 0.717) is 18.4 Å². The molecule has 98 valence electrons. The van der Waals surface area contributed by atoms with E-state index in [4.69, 9.17) is 5.73 Å². The fourth-order valence-corrected chi connectivity index (χ4v) is 3.37. The molecule has 0 atom stereocenters. The predicted molar refractivity (Wildman–Crippen MR) is 75.6 cm³/mol. The molecule has 1 aliphatic rings. The lowest BCUT2D eigenvalue weighted by molar-refractivity contribution is 0.439. The zero-order chi connectivity index (χ0) is 13.6. The van der Waals surface area contributed by atoms with Crippen molar-refractivity contribution in [1.82, 2.24) is 0 Å². The highest BCUT2D eigenvalue weighted by atomic mass is 19.1. The fourth-order valence-electron chi connectivity index (χ4n) is 3.37. The summed E-state index contributed by atoms with van der Waals surface area (Å²) in [5.41, 5.74) is 11.0. The molecule has 0 heterocycles. The van der Waals surface area contributed by atoms with Crippen LogP contribution < -0.4 is 5.73 Å². The average Bonchev–Trinajstić information content (AvgIpc) is 2.63. The molecule has 0 radical (unpaired) electrons. The van der Waals surface area contributed by atoms with E-state index in [1.165, 1.54) is 11.1 Å². The van der Waals surface area contributed by atoms with Gasteiger partial charge in [-0.1, -0.05) is 30.3 Å². The first-order valence-corrected chi connectivity index (χ1v) is 6.62. The third kappa shape index (κ3) is 1.96. The molecule has 1 aliphatic carbocycles. The Bertz CT molecular complexity index is 597. The Morgan fingerprint density at radius 3 is 2.16 bits per heavy atom. The number of benzene rings is 2. The van der Waals surface area contributed by atoms with Crippen LogP contribution in [-0.4, -0.2) is 0 Å². The zero-order valence-corrected chi connectivity index (χ0v) is 11.3. The third-order valence-electron chi connectivity index (χ3n) is 4.06. The molecule has 19 heavy (non-hydrogen) atoms. The molecule has 0 amide bonds. The number of hydrogen-bond acceptors (Lipinski definition) is 1. The van der Waals surface area contributed by atoms with Gasteiger partial charge in [0.05, 0.1) is 5.54 Å². The number of aryl methyl sites for hydroxylation is 2. The van der Waals surface area contributed by atoms with Gasteiger partial charge in [0, 0.05) is 5.56 Å². The monoisotopic (exact) mass is 255 g/mol. The molecule has 0 fully saturated rings. The van der Waals surface area contributed by atoms with Crippen LogP contribution in [0.2, 0.25) is 0 Å². The van der Waals surface area contributed by atoms with Crippen LogP contribution in [0.1, 0.15) is 27.8 Å². The Morgan fingerprint density at radius 1 is 1.05 bits per heavy atom. The summed E-state index contributed by atoms with van der Waals surface area (Å²) in [6, 6.07) is 11.8. The van der Waals surface area contributed by atoms with Gasteiger partial charge in [-0.25, -0.2) is 4.39 Å². The summed E-state index contributed by atoms with van der Waals surface area (Å²) in [5, 5.41) is 0. The molecule has 0 aromatic heterocycles. The minimum Gasteiger partial charge on any atom is -0.321 e. The standard InChI is InChI=1S/C17H18FN/c1-11-7-12(2)16(15(18)8-11)17(19)9-13-5-3-4-6-14(13)10-17/h3-8H,9-10,19H2,1-2H3. The topological polar surface area (TPSA) is 26.0 Å². The fraction of sp³-hybridized carbons (Fsp3) is 0.294. The van der Waals surface area contributed by atoms with E-state index in [1.54, 1.807) is 6.07 Å². The number of halogens is 1. The van der Waals surface area contributed by atoms with Crippen molar-refractivity contribution in [3.8, 4) is 0 Å². The smallest absolute Gasteiger partial charge is 0.128 e. The van der Waals surface area contributed by atoms with E-state index in [1.807, 2.05) is 32.0 Å². The molecule has 1 nitrogen and oxygen atoms in total. The van der Waals surface area contributed by atoms with Gasteiger partial charge < -0.3 is 5.73 Å². The highest BCUT2D eigenvalue weighted by Crippen LogP contribution is 2.38. The molecule has 0 bridgehead atoms. The highest BCUT2D eigenvalue weighted by Gasteiger charge is 2.37. The first kappa shape index (κ1) is 12.4. The van der Waals surface area contributed by atoms with Crippen molar-refractivity contribution in [3.05, 3.63) is 70.0 Å². The lowest BCUT2D eigenvalue weighted by Gasteiger charge is -2.27. The minimum atomic E-state index is -0.606. The second-order valence-electron chi connectivity index (χ2n) is 5.72. The normalized spacial score (nSPS) is 16.4. The summed E-state index contributed by atoms with van der Waals surface area (Å²) < 4.78 is 14.4. The summed E-state index contributed by atoms with van der Waals surface area (Å²) in [6.45, 7) is 3.86. The minimum absolute atomic E-state index is 0.173. The van der Waals surface area contributed by atoms with E-state index in [9.17, 15) is 4.39 Å². The lowest BCUT2D eigenvalue weighted by Crippen LogP contribution is -2.39. The number of fused-ring (bicyclic) bond motifs is 1. The van der Waals surface area contributed by atoms with Gasteiger partial charge in [0.25, 0.3) is 0 Å². The van der Waals surface area contributed by atoms with Gasteiger partial charge in [-0.15, -0.1) is 0 Å². The zero-order valence-electron chi connectivity index (χ0n) is 11.3. The van der Waals surface area contributed by atoms with E-state index < -0.39 is 5.54 Å². The summed E-state index contributed by atoms with van der Waals surface area (Å²) >= 11 is 0. The van der Waals surface area contributed by atoms with Crippen molar-refractivity contribution in [2.45, 2.75) is 32.2 Å². The van der Waals surface area contributed by atoms with E-state index >= 15 is 0 Å². The molecule has 3 rings (SSSR count). The van der Waals surface area contributed by atoms with Crippen LogP contribution in [0.25, 0.3) is 0 Å². The highest BCUT2D eigenvalue weighted by molar-refractivity contribution is 5.45. The number of nitrogens with two attached hydrogens (primary N) is 1. The largest absolute Gasteiger partial charge is 0.321 e. The van der Waals surface area contributed by atoms with E-state index in [0.717, 1.165) is 11.1 Å². The maximum Gasteiger partial charge on any atom is 0.128 e.